The normalized spacial score (nSPS) is 10.2. The van der Waals surface area contributed by atoms with Gasteiger partial charge in [0.25, 0.3) is 0 Å². The molecule has 0 nitrogen and oxygen atoms in total. The average molecular weight is 220 g/mol. The van der Waals surface area contributed by atoms with Crippen LogP contribution < -0.4 is 18.9 Å². The third-order valence-corrected chi connectivity index (χ3v) is 3.18. The quantitative estimate of drug-likeness (QED) is 0.534. The molecule has 0 saturated carbocycles. The van der Waals surface area contributed by atoms with E-state index in [9.17, 15) is 0 Å². The van der Waals surface area contributed by atoms with Gasteiger partial charge in [0.05, 0.1) is 0 Å². The molecule has 0 heterocycles. The average Bonchev–Trinajstić information content (AvgIpc) is 2.35. The van der Waals surface area contributed by atoms with Crippen LogP contribution in [0.15, 0.2) is 42.5 Å². The number of benzene rings is 2. The van der Waals surface area contributed by atoms with Gasteiger partial charge in [0.15, 0.2) is 0 Å². The Morgan fingerprint density at radius 1 is 0.882 bits per heavy atom. The molecule has 1 heteroatoms. The van der Waals surface area contributed by atoms with Crippen LogP contribution in [-0.4, -0.2) is 0 Å². The zero-order valence-electron chi connectivity index (χ0n) is 12.1. The summed E-state index contributed by atoms with van der Waals surface area (Å²) in [6.45, 7) is 2.26. The van der Waals surface area contributed by atoms with Crippen LogP contribution in [-0.2, 0) is 6.42 Å². The molecule has 2 aromatic carbocycles. The minimum absolute atomic E-state index is 0. The first-order chi connectivity index (χ1) is 7.92. The van der Waals surface area contributed by atoms with Crippen molar-refractivity contribution in [2.24, 2.45) is 0 Å². The standard InChI is InChI=1S/C16H20.Li.H/c1-2-3-4-5-9-14-11-8-12-15-10-6-7-13-16(14)15;;/h6-8,10-13H,2-5,9H2,1H3;;/q;+1;-1. The van der Waals surface area contributed by atoms with Gasteiger partial charge in [0, 0.05) is 0 Å². The minimum Gasteiger partial charge on any atom is -1.00 e. The predicted molar refractivity (Wildman–Crippen MR) is 72.9 cm³/mol. The summed E-state index contributed by atoms with van der Waals surface area (Å²) in [5, 5.41) is 2.80. The van der Waals surface area contributed by atoms with Crippen LogP contribution in [0.25, 0.3) is 10.8 Å². The summed E-state index contributed by atoms with van der Waals surface area (Å²) in [6, 6.07) is 15.3. The van der Waals surface area contributed by atoms with E-state index in [1.54, 1.807) is 0 Å². The van der Waals surface area contributed by atoms with Gasteiger partial charge in [-0.05, 0) is 29.2 Å². The molecule has 0 aliphatic carbocycles. The van der Waals surface area contributed by atoms with Gasteiger partial charge in [-0.2, -0.15) is 0 Å². The zero-order chi connectivity index (χ0) is 11.2. The zero-order valence-corrected chi connectivity index (χ0v) is 11.1. The third kappa shape index (κ3) is 3.91. The molecule has 0 aromatic heterocycles. The molecule has 0 atom stereocenters. The maximum absolute atomic E-state index is 2.27. The van der Waals surface area contributed by atoms with E-state index in [4.69, 9.17) is 0 Å². The third-order valence-electron chi connectivity index (χ3n) is 3.18. The van der Waals surface area contributed by atoms with Crippen LogP contribution in [0.4, 0.5) is 0 Å². The second-order valence-corrected chi connectivity index (χ2v) is 4.45. The van der Waals surface area contributed by atoms with Gasteiger partial charge in [-0.25, -0.2) is 0 Å². The van der Waals surface area contributed by atoms with Crippen molar-refractivity contribution < 1.29 is 20.3 Å². The Labute approximate surface area is 118 Å². The first-order valence-corrected chi connectivity index (χ1v) is 6.38. The van der Waals surface area contributed by atoms with Crippen molar-refractivity contribution in [1.29, 1.82) is 0 Å². The topological polar surface area (TPSA) is 0 Å². The molecular weight excluding hydrogens is 199 g/mol. The van der Waals surface area contributed by atoms with Crippen LogP contribution in [0.3, 0.4) is 0 Å². The molecule has 0 amide bonds. The molecule has 0 aliphatic rings. The first-order valence-electron chi connectivity index (χ1n) is 6.38. The van der Waals surface area contributed by atoms with Crippen molar-refractivity contribution in [2.75, 3.05) is 0 Å². The smallest absolute Gasteiger partial charge is 1.00 e. The number of fused-ring (bicyclic) bond motifs is 1. The van der Waals surface area contributed by atoms with E-state index >= 15 is 0 Å². The number of hydrogen-bond donors (Lipinski definition) is 0. The molecule has 0 fully saturated rings. The summed E-state index contributed by atoms with van der Waals surface area (Å²) in [7, 11) is 0. The predicted octanol–water partition coefficient (Wildman–Crippen LogP) is 2.08. The number of rotatable bonds is 5. The number of unbranched alkanes of at least 4 members (excludes halogenated alkanes) is 3. The molecule has 0 unspecified atom stereocenters. The van der Waals surface area contributed by atoms with Crippen molar-refractivity contribution in [3.63, 3.8) is 0 Å². The molecule has 2 rings (SSSR count). The fraction of sp³-hybridized carbons (Fsp3) is 0.375. The van der Waals surface area contributed by atoms with Gasteiger partial charge in [-0.1, -0.05) is 68.7 Å². The number of aryl methyl sites for hydroxylation is 1. The van der Waals surface area contributed by atoms with Crippen molar-refractivity contribution in [2.45, 2.75) is 39.0 Å². The molecule has 17 heavy (non-hydrogen) atoms. The van der Waals surface area contributed by atoms with E-state index in [-0.39, 0.29) is 20.3 Å². The molecule has 0 saturated heterocycles. The Balaban J connectivity index is 0.00000144. The van der Waals surface area contributed by atoms with E-state index in [1.807, 2.05) is 0 Å². The second-order valence-electron chi connectivity index (χ2n) is 4.45. The van der Waals surface area contributed by atoms with Crippen molar-refractivity contribution in [3.8, 4) is 0 Å². The van der Waals surface area contributed by atoms with E-state index in [0.29, 0.717) is 0 Å². The second kappa shape index (κ2) is 7.59. The monoisotopic (exact) mass is 220 g/mol. The molecule has 0 radical (unpaired) electrons. The molecule has 0 spiro atoms. The Morgan fingerprint density at radius 3 is 2.47 bits per heavy atom. The maximum Gasteiger partial charge on any atom is 1.00 e. The largest absolute Gasteiger partial charge is 1.00 e. The Bertz CT molecular complexity index is 448. The Kier molecular flexibility index (Phi) is 6.41. The van der Waals surface area contributed by atoms with Crippen LogP contribution in [0, 0.1) is 0 Å². The SMILES string of the molecule is CCCCCCc1cccc2ccccc12.[H-].[Li+]. The molecule has 0 N–H and O–H groups in total. The van der Waals surface area contributed by atoms with Crippen LogP contribution in [0.5, 0.6) is 0 Å². The number of hydrogen-bond acceptors (Lipinski definition) is 0. The van der Waals surface area contributed by atoms with E-state index < -0.39 is 0 Å². The van der Waals surface area contributed by atoms with Crippen molar-refractivity contribution >= 4 is 10.8 Å². The van der Waals surface area contributed by atoms with E-state index in [0.717, 1.165) is 0 Å². The fourth-order valence-electron chi connectivity index (χ4n) is 2.25. The van der Waals surface area contributed by atoms with Crippen molar-refractivity contribution in [3.05, 3.63) is 48.0 Å². The molecule has 0 bridgehead atoms. The van der Waals surface area contributed by atoms with Gasteiger partial charge >= 0.3 is 18.9 Å². The Hall–Kier alpha value is -0.703. The molecule has 86 valence electrons. The summed E-state index contributed by atoms with van der Waals surface area (Å²) in [5.74, 6) is 0. The summed E-state index contributed by atoms with van der Waals surface area (Å²) in [6.07, 6.45) is 6.59. The first kappa shape index (κ1) is 14.4. The van der Waals surface area contributed by atoms with Crippen molar-refractivity contribution in [1.82, 2.24) is 0 Å². The molecular formula is C16H21Li. The summed E-state index contributed by atoms with van der Waals surface area (Å²) < 4.78 is 0. The van der Waals surface area contributed by atoms with E-state index in [2.05, 4.69) is 49.4 Å². The summed E-state index contributed by atoms with van der Waals surface area (Å²) >= 11 is 0. The van der Waals surface area contributed by atoms with Gasteiger partial charge in [-0.3, -0.25) is 0 Å². The van der Waals surface area contributed by atoms with Gasteiger partial charge in [0.1, 0.15) is 0 Å². The van der Waals surface area contributed by atoms with E-state index in [1.165, 1.54) is 48.4 Å². The van der Waals surface area contributed by atoms with Crippen LogP contribution in [0.1, 0.15) is 39.6 Å². The maximum atomic E-state index is 2.27. The fourth-order valence-corrected chi connectivity index (χ4v) is 2.25. The molecule has 0 aliphatic heterocycles. The Morgan fingerprint density at radius 2 is 1.65 bits per heavy atom. The minimum atomic E-state index is 0. The van der Waals surface area contributed by atoms with Crippen LogP contribution >= 0.6 is 0 Å². The molecule has 2 aromatic rings. The summed E-state index contributed by atoms with van der Waals surface area (Å²) in [4.78, 5) is 0. The van der Waals surface area contributed by atoms with Crippen LogP contribution in [0.2, 0.25) is 0 Å². The van der Waals surface area contributed by atoms with Gasteiger partial charge in [-0.15, -0.1) is 0 Å². The van der Waals surface area contributed by atoms with Gasteiger partial charge < -0.3 is 1.43 Å². The van der Waals surface area contributed by atoms with Gasteiger partial charge in [0.2, 0.25) is 0 Å². The summed E-state index contributed by atoms with van der Waals surface area (Å²) in [5.41, 5.74) is 1.51.